The molecule has 0 radical (unpaired) electrons. The molecule has 0 saturated carbocycles. The van der Waals surface area contributed by atoms with E-state index in [4.69, 9.17) is 16.3 Å². The van der Waals surface area contributed by atoms with Crippen LogP contribution in [-0.4, -0.2) is 50.0 Å². The van der Waals surface area contributed by atoms with Crippen molar-refractivity contribution in [3.05, 3.63) is 18.2 Å². The molecule has 0 fully saturated rings. The average Bonchev–Trinajstić information content (AvgIpc) is 2.88. The van der Waals surface area contributed by atoms with E-state index in [2.05, 4.69) is 17.6 Å². The lowest BCUT2D eigenvalue weighted by atomic mass is 9.88. The van der Waals surface area contributed by atoms with Crippen LogP contribution in [0.15, 0.2) is 18.2 Å². The zero-order valence-corrected chi connectivity index (χ0v) is 26.7. The fourth-order valence-electron chi connectivity index (χ4n) is 4.19. The third kappa shape index (κ3) is 13.5. The van der Waals surface area contributed by atoms with Gasteiger partial charge in [-0.15, -0.1) is 11.6 Å². The highest BCUT2D eigenvalue weighted by Gasteiger charge is 2.33. The molecule has 0 aliphatic rings. The second kappa shape index (κ2) is 17.6. The van der Waals surface area contributed by atoms with Crippen LogP contribution in [-0.2, 0) is 24.2 Å². The second-order valence-electron chi connectivity index (χ2n) is 11.6. The summed E-state index contributed by atoms with van der Waals surface area (Å²) in [5.74, 6) is -2.20. The van der Waals surface area contributed by atoms with Crippen LogP contribution < -0.4 is 15.4 Å². The summed E-state index contributed by atoms with van der Waals surface area (Å²) in [5.41, 5.74) is -0.236. The van der Waals surface area contributed by atoms with Crippen molar-refractivity contribution in [1.29, 1.82) is 0 Å². The smallest absolute Gasteiger partial charge is 0.250 e. The lowest BCUT2D eigenvalue weighted by Gasteiger charge is -2.20. The zero-order valence-electron chi connectivity index (χ0n) is 25.1. The molecule has 2 N–H and O–H groups in total. The van der Waals surface area contributed by atoms with Crippen molar-refractivity contribution in [2.75, 3.05) is 29.2 Å². The SMILES string of the molecule is CCCCCCCCCCCCS(=O)(=O)CC(C)C(=O)Nc1ccc(OC)c(NC(=O)C(Cl)C(=O)C(C)(C)C)c1. The highest BCUT2D eigenvalue weighted by atomic mass is 35.5. The predicted octanol–water partition coefficient (Wildman–Crippen LogP) is 6.77. The molecule has 40 heavy (non-hydrogen) atoms. The van der Waals surface area contributed by atoms with Crippen molar-refractivity contribution in [2.45, 2.75) is 104 Å². The molecule has 1 aromatic rings. The zero-order chi connectivity index (χ0) is 30.3. The topological polar surface area (TPSA) is 119 Å². The first kappa shape index (κ1) is 35.9. The number of rotatable bonds is 19. The van der Waals surface area contributed by atoms with Gasteiger partial charge in [-0.05, 0) is 24.6 Å². The van der Waals surface area contributed by atoms with E-state index in [0.717, 1.165) is 19.3 Å². The van der Waals surface area contributed by atoms with Gasteiger partial charge >= 0.3 is 0 Å². The first-order valence-corrected chi connectivity index (χ1v) is 16.7. The minimum absolute atomic E-state index is 0.0761. The van der Waals surface area contributed by atoms with Crippen LogP contribution in [0.5, 0.6) is 5.75 Å². The quantitative estimate of drug-likeness (QED) is 0.103. The number of anilines is 2. The van der Waals surface area contributed by atoms with Gasteiger partial charge in [-0.2, -0.15) is 0 Å². The number of methoxy groups -OCH3 is 1. The molecule has 2 amide bonds. The number of carbonyl (C=O) groups excluding carboxylic acids is 3. The Balaban J connectivity index is 2.61. The number of halogens is 1. The molecule has 0 aliphatic carbocycles. The maximum absolute atomic E-state index is 12.8. The Morgan fingerprint density at radius 3 is 1.98 bits per heavy atom. The summed E-state index contributed by atoms with van der Waals surface area (Å²) in [7, 11) is -1.95. The van der Waals surface area contributed by atoms with Crippen LogP contribution in [0.1, 0.15) is 98.8 Å². The summed E-state index contributed by atoms with van der Waals surface area (Å²) in [4.78, 5) is 37.8. The highest BCUT2D eigenvalue weighted by Crippen LogP contribution is 2.29. The van der Waals surface area contributed by atoms with Gasteiger partial charge in [0.2, 0.25) is 11.8 Å². The van der Waals surface area contributed by atoms with Gasteiger partial charge in [0.15, 0.2) is 21.0 Å². The summed E-state index contributed by atoms with van der Waals surface area (Å²) < 4.78 is 30.5. The number of hydrogen-bond donors (Lipinski definition) is 2. The number of hydrogen-bond acceptors (Lipinski definition) is 6. The van der Waals surface area contributed by atoms with Gasteiger partial charge in [0.05, 0.1) is 24.3 Å². The lowest BCUT2D eigenvalue weighted by molar-refractivity contribution is -0.130. The molecular formula is C30H49ClN2O6S. The Kier molecular flexibility index (Phi) is 15.8. The Morgan fingerprint density at radius 1 is 0.900 bits per heavy atom. The molecule has 0 aromatic heterocycles. The number of unbranched alkanes of at least 4 members (excludes halogenated alkanes) is 9. The molecule has 228 valence electrons. The van der Waals surface area contributed by atoms with E-state index in [1.165, 1.54) is 51.7 Å². The van der Waals surface area contributed by atoms with Crippen LogP contribution in [0.4, 0.5) is 11.4 Å². The van der Waals surface area contributed by atoms with Gasteiger partial charge in [0, 0.05) is 17.0 Å². The summed E-state index contributed by atoms with van der Waals surface area (Å²) in [6, 6.07) is 4.60. The molecular weight excluding hydrogens is 552 g/mol. The molecule has 1 rings (SSSR count). The number of Topliss-reactive ketones (excluding diaryl/α,β-unsaturated/α-hetero) is 1. The Labute approximate surface area is 246 Å². The number of ketones is 1. The van der Waals surface area contributed by atoms with E-state index in [1.54, 1.807) is 39.8 Å². The number of amides is 2. The maximum Gasteiger partial charge on any atom is 0.250 e. The fourth-order valence-corrected chi connectivity index (χ4v) is 6.30. The van der Waals surface area contributed by atoms with Gasteiger partial charge in [0.25, 0.3) is 0 Å². The minimum atomic E-state index is -3.37. The Bertz CT molecular complexity index is 1070. The highest BCUT2D eigenvalue weighted by molar-refractivity contribution is 7.91. The average molecular weight is 601 g/mol. The van der Waals surface area contributed by atoms with Gasteiger partial charge in [0.1, 0.15) is 5.75 Å². The van der Waals surface area contributed by atoms with Crippen molar-refractivity contribution in [3.8, 4) is 5.75 Å². The van der Waals surface area contributed by atoms with E-state index < -0.39 is 44.1 Å². The van der Waals surface area contributed by atoms with Crippen molar-refractivity contribution in [2.24, 2.45) is 11.3 Å². The summed E-state index contributed by atoms with van der Waals surface area (Å²) in [5, 5.41) is 3.89. The summed E-state index contributed by atoms with van der Waals surface area (Å²) >= 11 is 6.10. The van der Waals surface area contributed by atoms with Crippen molar-refractivity contribution in [3.63, 3.8) is 0 Å². The van der Waals surface area contributed by atoms with E-state index in [0.29, 0.717) is 17.9 Å². The molecule has 0 heterocycles. The van der Waals surface area contributed by atoms with Crippen LogP contribution in [0.3, 0.4) is 0 Å². The van der Waals surface area contributed by atoms with Gasteiger partial charge in [-0.3, -0.25) is 14.4 Å². The van der Waals surface area contributed by atoms with E-state index >= 15 is 0 Å². The third-order valence-corrected chi connectivity index (χ3v) is 9.00. The fraction of sp³-hybridized carbons (Fsp3) is 0.700. The van der Waals surface area contributed by atoms with Crippen LogP contribution in [0, 0.1) is 11.3 Å². The largest absolute Gasteiger partial charge is 0.495 e. The van der Waals surface area contributed by atoms with Crippen LogP contribution >= 0.6 is 11.6 Å². The molecule has 2 atom stereocenters. The lowest BCUT2D eigenvalue weighted by Crippen LogP contribution is -2.37. The number of carbonyl (C=O) groups is 3. The van der Waals surface area contributed by atoms with Crippen molar-refractivity contribution >= 4 is 50.4 Å². The van der Waals surface area contributed by atoms with Gasteiger partial charge in [-0.1, -0.05) is 92.4 Å². The number of nitrogens with one attached hydrogen (secondary N) is 2. The van der Waals surface area contributed by atoms with E-state index in [9.17, 15) is 22.8 Å². The maximum atomic E-state index is 12.8. The Hall–Kier alpha value is -2.13. The van der Waals surface area contributed by atoms with Gasteiger partial charge < -0.3 is 15.4 Å². The monoisotopic (exact) mass is 600 g/mol. The van der Waals surface area contributed by atoms with E-state index in [-0.39, 0.29) is 17.2 Å². The Morgan fingerprint density at radius 2 is 1.45 bits per heavy atom. The number of sulfone groups is 1. The minimum Gasteiger partial charge on any atom is -0.495 e. The van der Waals surface area contributed by atoms with Crippen molar-refractivity contribution < 1.29 is 27.5 Å². The molecule has 2 unspecified atom stereocenters. The van der Waals surface area contributed by atoms with Crippen LogP contribution in [0.2, 0.25) is 0 Å². The van der Waals surface area contributed by atoms with Gasteiger partial charge in [-0.25, -0.2) is 8.42 Å². The first-order chi connectivity index (χ1) is 18.7. The number of ether oxygens (including phenoxy) is 1. The molecule has 0 spiro atoms. The molecule has 8 nitrogen and oxygen atoms in total. The molecule has 0 aliphatic heterocycles. The molecule has 0 saturated heterocycles. The second-order valence-corrected chi connectivity index (χ2v) is 14.2. The molecule has 1 aromatic carbocycles. The first-order valence-electron chi connectivity index (χ1n) is 14.4. The molecule has 10 heteroatoms. The third-order valence-electron chi connectivity index (χ3n) is 6.68. The number of alkyl halides is 1. The number of benzene rings is 1. The summed E-state index contributed by atoms with van der Waals surface area (Å²) in [6.45, 7) is 8.81. The normalized spacial score (nSPS) is 13.4. The summed E-state index contributed by atoms with van der Waals surface area (Å²) in [6.07, 6.45) is 11.2. The van der Waals surface area contributed by atoms with Crippen LogP contribution in [0.25, 0.3) is 0 Å². The standard InChI is InChI=1S/C30H49ClN2O6S/c1-7-8-9-10-11-12-13-14-15-16-19-40(37,38)21-22(2)28(35)32-23-17-18-25(39-6)24(20-23)33-29(36)26(31)27(34)30(3,4)5/h17-18,20,22,26H,7-16,19,21H2,1-6H3,(H,32,35)(H,33,36). The predicted molar refractivity (Wildman–Crippen MR) is 164 cm³/mol. The molecule has 0 bridgehead atoms. The van der Waals surface area contributed by atoms with E-state index in [1.807, 2.05) is 0 Å². The van der Waals surface area contributed by atoms with Crippen molar-refractivity contribution in [1.82, 2.24) is 0 Å².